The van der Waals surface area contributed by atoms with Crippen LogP contribution in [0.15, 0.2) is 0 Å². The fourth-order valence-electron chi connectivity index (χ4n) is 1.42. The Morgan fingerprint density at radius 3 is 2.59 bits per heavy atom. The molecule has 0 radical (unpaired) electrons. The molecule has 0 atom stereocenters. The number of carbonyl (C=O) groups is 1. The Kier molecular flexibility index (Phi) is 5.07. The van der Waals surface area contributed by atoms with Crippen LogP contribution in [0.5, 0.6) is 0 Å². The Morgan fingerprint density at radius 2 is 2.18 bits per heavy atom. The summed E-state index contributed by atoms with van der Waals surface area (Å²) in [6.07, 6.45) is 2.10. The third kappa shape index (κ3) is 3.75. The maximum absolute atomic E-state index is 12.9. The van der Waals surface area contributed by atoms with Gasteiger partial charge in [0, 0.05) is 5.41 Å². The molecule has 100 valence electrons. The second-order valence-electron chi connectivity index (χ2n) is 3.82. The first kappa shape index (κ1) is 14.6. The molecule has 9 heteroatoms. The number of alkyl halides is 2. The van der Waals surface area contributed by atoms with Gasteiger partial charge in [-0.25, -0.2) is 4.79 Å². The molecule has 0 bridgehead atoms. The molecule has 0 saturated heterocycles. The summed E-state index contributed by atoms with van der Waals surface area (Å²) in [5, 5.41) is 17.1. The van der Waals surface area contributed by atoms with E-state index in [1.807, 2.05) is 0 Å². The minimum atomic E-state index is -4.02. The molecule has 0 amide bonds. The average Bonchev–Trinajstić information content (AvgIpc) is 2.25. The Balaban J connectivity index is 2.37. The zero-order valence-corrected chi connectivity index (χ0v) is 9.50. The van der Waals surface area contributed by atoms with E-state index in [1.54, 1.807) is 0 Å². The van der Waals surface area contributed by atoms with Crippen molar-refractivity contribution in [2.24, 2.45) is 5.41 Å². The van der Waals surface area contributed by atoms with Gasteiger partial charge in [0.2, 0.25) is 0 Å². The number of esters is 1. The summed E-state index contributed by atoms with van der Waals surface area (Å²) in [5.41, 5.74) is -0.605. The lowest BCUT2D eigenvalue weighted by atomic mass is 9.70. The molecule has 1 rings (SSSR count). The van der Waals surface area contributed by atoms with Gasteiger partial charge in [-0.15, -0.1) is 0 Å². The summed E-state index contributed by atoms with van der Waals surface area (Å²) in [6.45, 7) is -0.504. The van der Waals surface area contributed by atoms with E-state index in [1.165, 1.54) is 0 Å². The predicted molar refractivity (Wildman–Crippen MR) is 49.0 cm³/mol. The van der Waals surface area contributed by atoms with Crippen LogP contribution in [0.4, 0.5) is 8.78 Å². The van der Waals surface area contributed by atoms with Crippen LogP contribution in [0.25, 0.3) is 0 Å². The van der Waals surface area contributed by atoms with Gasteiger partial charge in [0.15, 0.2) is 0 Å². The standard InChI is InChI=1S/C8H12F2O6S/c9-8(10,17-16-15-13)6(12)14-5-7(4-11)2-1-3-7/h11,13H,1-5H2/p-1. The highest BCUT2D eigenvalue weighted by Gasteiger charge is 2.46. The molecule has 0 unspecified atom stereocenters. The zero-order valence-electron chi connectivity index (χ0n) is 8.69. The fourth-order valence-corrected chi connectivity index (χ4v) is 1.66. The van der Waals surface area contributed by atoms with Crippen LogP contribution in [-0.4, -0.2) is 29.5 Å². The smallest absolute Gasteiger partial charge is 0.415 e. The van der Waals surface area contributed by atoms with Gasteiger partial charge in [0.25, 0.3) is 0 Å². The Morgan fingerprint density at radius 1 is 1.53 bits per heavy atom. The molecule has 0 aromatic heterocycles. The third-order valence-electron chi connectivity index (χ3n) is 2.66. The normalized spacial score (nSPS) is 18.6. The maximum atomic E-state index is 12.9. The van der Waals surface area contributed by atoms with Crippen molar-refractivity contribution in [2.75, 3.05) is 13.2 Å². The molecular formula is C8H11F2O6S-. The summed E-state index contributed by atoms with van der Waals surface area (Å²) < 4.78 is 33.5. The van der Waals surface area contributed by atoms with Crippen molar-refractivity contribution in [3.05, 3.63) is 0 Å². The SMILES string of the molecule is O=C(OCC1(CO)CCC1)C(F)(F)SOO[O-]. The molecule has 0 heterocycles. The number of hydrogen-bond donors (Lipinski definition) is 1. The van der Waals surface area contributed by atoms with Crippen LogP contribution < -0.4 is 5.26 Å². The van der Waals surface area contributed by atoms with Gasteiger partial charge in [-0.2, -0.15) is 13.1 Å². The van der Waals surface area contributed by atoms with Crippen molar-refractivity contribution in [1.82, 2.24) is 0 Å². The van der Waals surface area contributed by atoms with E-state index < -0.39 is 28.7 Å². The molecular weight excluding hydrogens is 262 g/mol. The second-order valence-corrected chi connectivity index (χ2v) is 4.64. The molecule has 6 nitrogen and oxygen atoms in total. The van der Waals surface area contributed by atoms with Gasteiger partial charge >= 0.3 is 11.2 Å². The number of halogens is 2. The molecule has 1 aliphatic carbocycles. The van der Waals surface area contributed by atoms with Gasteiger partial charge in [0.05, 0.1) is 13.2 Å². The Hall–Kier alpha value is -0.480. The van der Waals surface area contributed by atoms with E-state index in [0.717, 1.165) is 6.42 Å². The second kappa shape index (κ2) is 5.91. The van der Waals surface area contributed by atoms with Crippen molar-refractivity contribution < 1.29 is 38.0 Å². The van der Waals surface area contributed by atoms with Crippen LogP contribution in [0.1, 0.15) is 19.3 Å². The average molecular weight is 273 g/mol. The number of hydrogen-bond acceptors (Lipinski definition) is 7. The minimum Gasteiger partial charge on any atom is -0.691 e. The lowest BCUT2D eigenvalue weighted by Crippen LogP contribution is -2.40. The lowest BCUT2D eigenvalue weighted by Gasteiger charge is -2.39. The highest BCUT2D eigenvalue weighted by Crippen LogP contribution is 2.41. The first-order valence-electron chi connectivity index (χ1n) is 4.76. The van der Waals surface area contributed by atoms with Gasteiger partial charge in [-0.05, 0) is 12.8 Å². The maximum Gasteiger partial charge on any atom is 0.415 e. The van der Waals surface area contributed by atoms with E-state index in [9.17, 15) is 18.8 Å². The molecule has 1 N–H and O–H groups in total. The quantitative estimate of drug-likeness (QED) is 0.306. The predicted octanol–water partition coefficient (Wildman–Crippen LogP) is 0.157. The molecule has 0 aromatic carbocycles. The lowest BCUT2D eigenvalue weighted by molar-refractivity contribution is -0.777. The molecule has 0 aliphatic heterocycles. The van der Waals surface area contributed by atoms with Crippen molar-refractivity contribution in [2.45, 2.75) is 24.5 Å². The zero-order chi connectivity index (χ0) is 12.9. The Labute approximate surface area is 99.9 Å². The Bertz CT molecular complexity index is 265. The summed E-state index contributed by atoms with van der Waals surface area (Å²) in [5.74, 6) is -1.83. The topological polar surface area (TPSA) is 88.1 Å². The molecule has 1 fully saturated rings. The first-order chi connectivity index (χ1) is 7.96. The van der Waals surface area contributed by atoms with Crippen LogP contribution in [0.2, 0.25) is 0 Å². The largest absolute Gasteiger partial charge is 0.691 e. The van der Waals surface area contributed by atoms with E-state index in [2.05, 4.69) is 14.1 Å². The van der Waals surface area contributed by atoms with Crippen LogP contribution in [0, 0.1) is 5.41 Å². The minimum absolute atomic E-state index is 0.223. The summed E-state index contributed by atoms with van der Waals surface area (Å²) in [7, 11) is 0. The van der Waals surface area contributed by atoms with Gasteiger partial charge in [0.1, 0.15) is 12.0 Å². The number of rotatable bonds is 7. The van der Waals surface area contributed by atoms with Gasteiger partial charge < -0.3 is 15.1 Å². The van der Waals surface area contributed by atoms with Crippen molar-refractivity contribution in [3.8, 4) is 0 Å². The molecule has 0 spiro atoms. The molecule has 0 aromatic rings. The van der Waals surface area contributed by atoms with E-state index in [-0.39, 0.29) is 13.2 Å². The number of carbonyl (C=O) groups excluding carboxylic acids is 1. The number of aliphatic hydroxyl groups excluding tert-OH is 1. The first-order valence-corrected chi connectivity index (χ1v) is 5.50. The molecule has 1 aliphatic rings. The highest BCUT2D eigenvalue weighted by atomic mass is 32.2. The number of aliphatic hydroxyl groups is 1. The summed E-state index contributed by atoms with van der Waals surface area (Å²) >= 11 is -0.734. The van der Waals surface area contributed by atoms with Crippen LogP contribution in [-0.2, 0) is 18.9 Å². The molecule has 1 saturated carbocycles. The van der Waals surface area contributed by atoms with Crippen molar-refractivity contribution in [1.29, 1.82) is 0 Å². The highest BCUT2D eigenvalue weighted by molar-refractivity contribution is 7.96. The van der Waals surface area contributed by atoms with Gasteiger partial charge in [-0.1, -0.05) is 6.42 Å². The van der Waals surface area contributed by atoms with E-state index in [4.69, 9.17) is 5.11 Å². The van der Waals surface area contributed by atoms with Gasteiger partial charge in [-0.3, -0.25) is 5.04 Å². The summed E-state index contributed by atoms with van der Waals surface area (Å²) in [4.78, 5) is 11.0. The van der Waals surface area contributed by atoms with E-state index >= 15 is 0 Å². The third-order valence-corrected chi connectivity index (χ3v) is 3.16. The number of ether oxygens (including phenoxy) is 1. The van der Waals surface area contributed by atoms with E-state index in [0.29, 0.717) is 12.8 Å². The van der Waals surface area contributed by atoms with Crippen LogP contribution in [0.3, 0.4) is 0 Å². The van der Waals surface area contributed by atoms with Crippen molar-refractivity contribution in [3.63, 3.8) is 0 Å². The monoisotopic (exact) mass is 273 g/mol. The van der Waals surface area contributed by atoms with Crippen LogP contribution >= 0.6 is 12.0 Å². The molecule has 17 heavy (non-hydrogen) atoms. The summed E-state index contributed by atoms with van der Waals surface area (Å²) in [6, 6.07) is 0. The van der Waals surface area contributed by atoms with Crippen molar-refractivity contribution >= 4 is 18.0 Å². The fraction of sp³-hybridized carbons (Fsp3) is 0.875.